The summed E-state index contributed by atoms with van der Waals surface area (Å²) >= 11 is 0. The van der Waals surface area contributed by atoms with Crippen LogP contribution in [0, 0.1) is 0 Å². The lowest BCUT2D eigenvalue weighted by Crippen LogP contribution is -2.21. The Morgan fingerprint density at radius 1 is 1.19 bits per heavy atom. The summed E-state index contributed by atoms with van der Waals surface area (Å²) in [5.74, 6) is 1.22. The van der Waals surface area contributed by atoms with E-state index in [1.54, 1.807) is 0 Å². The fourth-order valence-corrected chi connectivity index (χ4v) is 1.53. The Hall–Kier alpha value is -2.29. The fraction of sp³-hybridized carbons (Fsp3) is 0.583. The summed E-state index contributed by atoms with van der Waals surface area (Å²) in [5, 5.41) is 19.7. The van der Waals surface area contributed by atoms with E-state index in [9.17, 15) is 5.11 Å². The number of nitrogens with one attached hydrogen (secondary N) is 2. The first kappa shape index (κ1) is 15.1. The van der Waals surface area contributed by atoms with Crippen LogP contribution in [0.3, 0.4) is 0 Å². The predicted molar refractivity (Wildman–Crippen MR) is 78.3 cm³/mol. The maximum atomic E-state index is 9.61. The summed E-state index contributed by atoms with van der Waals surface area (Å²) in [6.45, 7) is 5.11. The standard InChI is InChI=1S/C12H20N8O/c1-3-5-14-10-17-11(15-6-9(21)4-2)19-12(18-10)20-8-13-7-16-20/h7-9,21H,3-6H2,1-2H3,(H2,14,15,17,18,19). The van der Waals surface area contributed by atoms with Gasteiger partial charge < -0.3 is 15.7 Å². The second-order valence-corrected chi connectivity index (χ2v) is 4.49. The summed E-state index contributed by atoms with van der Waals surface area (Å²) in [6, 6.07) is 0. The van der Waals surface area contributed by atoms with Crippen molar-refractivity contribution in [2.45, 2.75) is 32.8 Å². The van der Waals surface area contributed by atoms with Crippen LogP contribution in [0.25, 0.3) is 5.95 Å². The van der Waals surface area contributed by atoms with Gasteiger partial charge in [-0.2, -0.15) is 24.7 Å². The molecule has 0 saturated carbocycles. The number of aliphatic hydroxyl groups excluding tert-OH is 1. The Bertz CT molecular complexity index is 544. The Kier molecular flexibility index (Phi) is 5.38. The zero-order valence-electron chi connectivity index (χ0n) is 12.2. The first-order chi connectivity index (χ1) is 10.2. The number of anilines is 2. The minimum Gasteiger partial charge on any atom is -0.391 e. The maximum Gasteiger partial charge on any atom is 0.258 e. The molecule has 114 valence electrons. The fourth-order valence-electron chi connectivity index (χ4n) is 1.53. The topological polar surface area (TPSA) is 114 Å². The monoisotopic (exact) mass is 292 g/mol. The minimum absolute atomic E-state index is 0.370. The van der Waals surface area contributed by atoms with E-state index in [0.717, 1.165) is 13.0 Å². The molecular weight excluding hydrogens is 272 g/mol. The van der Waals surface area contributed by atoms with Crippen LogP contribution in [0.5, 0.6) is 0 Å². The molecule has 0 spiro atoms. The van der Waals surface area contributed by atoms with Gasteiger partial charge in [0.15, 0.2) is 0 Å². The highest BCUT2D eigenvalue weighted by atomic mass is 16.3. The lowest BCUT2D eigenvalue weighted by molar-refractivity contribution is 0.183. The highest BCUT2D eigenvalue weighted by molar-refractivity contribution is 5.37. The van der Waals surface area contributed by atoms with Gasteiger partial charge in [0.1, 0.15) is 12.7 Å². The largest absolute Gasteiger partial charge is 0.391 e. The van der Waals surface area contributed by atoms with Crippen molar-refractivity contribution in [2.24, 2.45) is 0 Å². The van der Waals surface area contributed by atoms with Crippen molar-refractivity contribution in [3.63, 3.8) is 0 Å². The smallest absolute Gasteiger partial charge is 0.258 e. The average molecular weight is 292 g/mol. The number of nitrogens with zero attached hydrogens (tertiary/aromatic N) is 6. The Labute approximate surface area is 122 Å². The molecular formula is C12H20N8O. The molecule has 0 aliphatic heterocycles. The third-order valence-corrected chi connectivity index (χ3v) is 2.75. The van der Waals surface area contributed by atoms with Crippen molar-refractivity contribution >= 4 is 11.9 Å². The molecule has 0 radical (unpaired) electrons. The van der Waals surface area contributed by atoms with Gasteiger partial charge in [-0.05, 0) is 12.8 Å². The second-order valence-electron chi connectivity index (χ2n) is 4.49. The van der Waals surface area contributed by atoms with Crippen LogP contribution < -0.4 is 10.6 Å². The first-order valence-corrected chi connectivity index (χ1v) is 6.99. The number of aliphatic hydroxyl groups is 1. The summed E-state index contributed by atoms with van der Waals surface area (Å²) < 4.78 is 1.46. The minimum atomic E-state index is -0.441. The van der Waals surface area contributed by atoms with Crippen molar-refractivity contribution in [3.05, 3.63) is 12.7 Å². The molecule has 0 saturated heterocycles. The van der Waals surface area contributed by atoms with Gasteiger partial charge in [-0.1, -0.05) is 13.8 Å². The molecule has 2 aromatic heterocycles. The molecule has 1 unspecified atom stereocenters. The molecule has 1 atom stereocenters. The Morgan fingerprint density at radius 2 is 1.95 bits per heavy atom. The van der Waals surface area contributed by atoms with E-state index >= 15 is 0 Å². The first-order valence-electron chi connectivity index (χ1n) is 6.99. The highest BCUT2D eigenvalue weighted by Crippen LogP contribution is 2.08. The molecule has 3 N–H and O–H groups in total. The van der Waals surface area contributed by atoms with E-state index in [4.69, 9.17) is 0 Å². The van der Waals surface area contributed by atoms with Gasteiger partial charge in [0, 0.05) is 13.1 Å². The molecule has 0 bridgehead atoms. The van der Waals surface area contributed by atoms with E-state index in [-0.39, 0.29) is 0 Å². The predicted octanol–water partition coefficient (Wildman–Crippen LogP) is 0.457. The zero-order valence-corrected chi connectivity index (χ0v) is 12.2. The van der Waals surface area contributed by atoms with Gasteiger partial charge in [0.25, 0.3) is 5.95 Å². The maximum absolute atomic E-state index is 9.61. The van der Waals surface area contributed by atoms with Gasteiger partial charge in [-0.3, -0.25) is 0 Å². The quantitative estimate of drug-likeness (QED) is 0.643. The summed E-state index contributed by atoms with van der Waals surface area (Å²) in [6.07, 6.45) is 4.11. The van der Waals surface area contributed by atoms with Crippen molar-refractivity contribution in [1.29, 1.82) is 0 Å². The molecule has 0 amide bonds. The summed E-state index contributed by atoms with van der Waals surface area (Å²) in [5.41, 5.74) is 0. The van der Waals surface area contributed by atoms with Gasteiger partial charge in [-0.15, -0.1) is 0 Å². The molecule has 2 heterocycles. The van der Waals surface area contributed by atoms with E-state index in [0.29, 0.717) is 30.8 Å². The molecule has 0 aromatic carbocycles. The molecule has 9 nitrogen and oxygen atoms in total. The summed E-state index contributed by atoms with van der Waals surface area (Å²) in [4.78, 5) is 16.7. The Balaban J connectivity index is 2.20. The van der Waals surface area contributed by atoms with Gasteiger partial charge in [0.05, 0.1) is 6.10 Å². The van der Waals surface area contributed by atoms with Crippen LogP contribution in [0.4, 0.5) is 11.9 Å². The number of rotatable bonds is 8. The highest BCUT2D eigenvalue weighted by Gasteiger charge is 2.09. The zero-order chi connectivity index (χ0) is 15.1. The SMILES string of the molecule is CCCNc1nc(NCC(O)CC)nc(-n2cncn2)n1. The van der Waals surface area contributed by atoms with Crippen molar-refractivity contribution < 1.29 is 5.11 Å². The number of hydrogen-bond acceptors (Lipinski definition) is 8. The number of hydrogen-bond donors (Lipinski definition) is 3. The third kappa shape index (κ3) is 4.35. The van der Waals surface area contributed by atoms with Crippen LogP contribution in [-0.2, 0) is 0 Å². The van der Waals surface area contributed by atoms with E-state index in [1.165, 1.54) is 17.3 Å². The molecule has 0 aliphatic rings. The molecule has 0 fully saturated rings. The van der Waals surface area contributed by atoms with Crippen LogP contribution in [0.1, 0.15) is 26.7 Å². The van der Waals surface area contributed by atoms with Gasteiger partial charge >= 0.3 is 0 Å². The molecule has 2 aromatic rings. The van der Waals surface area contributed by atoms with E-state index in [2.05, 4.69) is 42.6 Å². The lowest BCUT2D eigenvalue weighted by atomic mass is 10.3. The second kappa shape index (κ2) is 7.48. The van der Waals surface area contributed by atoms with Crippen molar-refractivity contribution in [3.8, 4) is 5.95 Å². The Morgan fingerprint density at radius 3 is 2.57 bits per heavy atom. The molecule has 0 aliphatic carbocycles. The van der Waals surface area contributed by atoms with Crippen molar-refractivity contribution in [1.82, 2.24) is 29.7 Å². The van der Waals surface area contributed by atoms with Crippen LogP contribution in [0.15, 0.2) is 12.7 Å². The van der Waals surface area contributed by atoms with E-state index in [1.807, 2.05) is 6.92 Å². The normalized spacial score (nSPS) is 12.1. The molecule has 2 rings (SSSR count). The molecule has 9 heteroatoms. The summed E-state index contributed by atoms with van der Waals surface area (Å²) in [7, 11) is 0. The van der Waals surface area contributed by atoms with Crippen molar-refractivity contribution in [2.75, 3.05) is 23.7 Å². The third-order valence-electron chi connectivity index (χ3n) is 2.75. The van der Waals surface area contributed by atoms with Crippen LogP contribution in [0.2, 0.25) is 0 Å². The average Bonchev–Trinajstić information content (AvgIpc) is 3.04. The lowest BCUT2D eigenvalue weighted by Gasteiger charge is -2.11. The van der Waals surface area contributed by atoms with E-state index < -0.39 is 6.10 Å². The van der Waals surface area contributed by atoms with Gasteiger partial charge in [-0.25, -0.2) is 4.98 Å². The number of aromatic nitrogens is 6. The van der Waals surface area contributed by atoms with Crippen LogP contribution in [-0.4, -0.2) is 54.0 Å². The molecule has 21 heavy (non-hydrogen) atoms. The van der Waals surface area contributed by atoms with Gasteiger partial charge in [0.2, 0.25) is 11.9 Å². The van der Waals surface area contributed by atoms with Crippen LogP contribution >= 0.6 is 0 Å².